The van der Waals surface area contributed by atoms with Gasteiger partial charge in [-0.15, -0.1) is 0 Å². The molecule has 1 aliphatic rings. The van der Waals surface area contributed by atoms with E-state index in [1.807, 2.05) is 5.06 Å². The number of hydroxylamine groups is 2. The number of hydrogen-bond acceptors (Lipinski definition) is 3. The summed E-state index contributed by atoms with van der Waals surface area (Å²) in [5.74, 6) is 1.03. The first-order chi connectivity index (χ1) is 5.34. The molecule has 1 aliphatic heterocycles. The van der Waals surface area contributed by atoms with Gasteiger partial charge >= 0.3 is 0 Å². The molecular weight excluding hydrogens is 178 g/mol. The molecule has 0 N–H and O–H groups in total. The smallest absolute Gasteiger partial charge is 0.160 e. The fourth-order valence-corrected chi connectivity index (χ4v) is 1.97. The lowest BCUT2D eigenvalue weighted by molar-refractivity contribution is -0.118. The van der Waals surface area contributed by atoms with Crippen molar-refractivity contribution in [3.8, 4) is 0 Å². The van der Waals surface area contributed by atoms with Crippen LogP contribution < -0.4 is 0 Å². The zero-order valence-corrected chi connectivity index (χ0v) is 8.34. The van der Waals surface area contributed by atoms with Crippen LogP contribution in [0, 0.1) is 0 Å². The van der Waals surface area contributed by atoms with Crippen LogP contribution in [0.15, 0.2) is 0 Å². The van der Waals surface area contributed by atoms with Gasteiger partial charge < -0.3 is 0 Å². The van der Waals surface area contributed by atoms with Crippen molar-refractivity contribution < 1.29 is 4.84 Å². The lowest BCUT2D eigenvalue weighted by atomic mass is 10.3. The van der Waals surface area contributed by atoms with Gasteiger partial charge in [-0.3, -0.25) is 4.84 Å². The fourth-order valence-electron chi connectivity index (χ4n) is 0.936. The summed E-state index contributed by atoms with van der Waals surface area (Å²) >= 11 is 6.81. The van der Waals surface area contributed by atoms with Gasteiger partial charge in [0.2, 0.25) is 0 Å². The lowest BCUT2D eigenvalue weighted by Crippen LogP contribution is -2.32. The molecular formula is C7H13NOS2. The second-order valence-electron chi connectivity index (χ2n) is 2.34. The maximum Gasteiger partial charge on any atom is 0.160 e. The van der Waals surface area contributed by atoms with Gasteiger partial charge in [-0.1, -0.05) is 30.9 Å². The molecule has 0 aromatic heterocycles. The van der Waals surface area contributed by atoms with Gasteiger partial charge in [0.05, 0.1) is 6.61 Å². The van der Waals surface area contributed by atoms with Crippen LogP contribution >= 0.6 is 24.0 Å². The largest absolute Gasteiger partial charge is 0.272 e. The molecule has 0 bridgehead atoms. The van der Waals surface area contributed by atoms with Crippen LogP contribution in [0.5, 0.6) is 0 Å². The van der Waals surface area contributed by atoms with E-state index in [0.29, 0.717) is 0 Å². The minimum absolute atomic E-state index is 0.824. The fraction of sp³-hybridized carbons (Fsp3) is 0.857. The Hall–Kier alpha value is 0.200. The molecule has 64 valence electrons. The topological polar surface area (TPSA) is 12.5 Å². The van der Waals surface area contributed by atoms with Crippen LogP contribution in [0.4, 0.5) is 0 Å². The van der Waals surface area contributed by atoms with Gasteiger partial charge in [-0.25, -0.2) is 5.06 Å². The molecule has 1 rings (SSSR count). The standard InChI is InChI=1S/C7H13NOS2/c1-2-11-7(10)8-5-3-4-6-9-8/h2-6H2,1H3. The van der Waals surface area contributed by atoms with E-state index >= 15 is 0 Å². The predicted octanol–water partition coefficient (Wildman–Crippen LogP) is 2.05. The van der Waals surface area contributed by atoms with E-state index in [0.717, 1.165) is 29.6 Å². The van der Waals surface area contributed by atoms with Gasteiger partial charge in [-0.2, -0.15) is 0 Å². The van der Waals surface area contributed by atoms with E-state index in [1.165, 1.54) is 6.42 Å². The molecule has 0 saturated carbocycles. The van der Waals surface area contributed by atoms with Crippen molar-refractivity contribution in [3.63, 3.8) is 0 Å². The second-order valence-corrected chi connectivity index (χ2v) is 4.24. The van der Waals surface area contributed by atoms with E-state index in [1.54, 1.807) is 11.8 Å². The van der Waals surface area contributed by atoms with Gasteiger partial charge in [-0.05, 0) is 18.6 Å². The minimum atomic E-state index is 0.824. The van der Waals surface area contributed by atoms with Crippen LogP contribution in [0.25, 0.3) is 0 Å². The lowest BCUT2D eigenvalue weighted by Gasteiger charge is -2.27. The number of hydrogen-bond donors (Lipinski definition) is 0. The Kier molecular flexibility index (Phi) is 4.18. The van der Waals surface area contributed by atoms with E-state index < -0.39 is 0 Å². The van der Waals surface area contributed by atoms with Crippen molar-refractivity contribution in [1.82, 2.24) is 5.06 Å². The molecule has 0 aromatic rings. The second kappa shape index (κ2) is 4.95. The highest BCUT2D eigenvalue weighted by Crippen LogP contribution is 2.14. The first-order valence-electron chi connectivity index (χ1n) is 3.92. The quantitative estimate of drug-likeness (QED) is 0.588. The van der Waals surface area contributed by atoms with Crippen molar-refractivity contribution in [2.45, 2.75) is 19.8 Å². The zero-order chi connectivity index (χ0) is 8.10. The highest BCUT2D eigenvalue weighted by Gasteiger charge is 2.13. The highest BCUT2D eigenvalue weighted by atomic mass is 32.2. The highest BCUT2D eigenvalue weighted by molar-refractivity contribution is 8.22. The molecule has 0 amide bonds. The normalized spacial score (nSPS) is 18.5. The summed E-state index contributed by atoms with van der Waals surface area (Å²) in [5.41, 5.74) is 0. The Morgan fingerprint density at radius 1 is 1.64 bits per heavy atom. The molecule has 1 saturated heterocycles. The third kappa shape index (κ3) is 2.97. The summed E-state index contributed by atoms with van der Waals surface area (Å²) in [7, 11) is 0. The van der Waals surface area contributed by atoms with Crippen molar-refractivity contribution >= 4 is 28.3 Å². The average Bonchev–Trinajstić information content (AvgIpc) is 2.07. The summed E-state index contributed by atoms with van der Waals surface area (Å²) in [5, 5.41) is 1.84. The molecule has 11 heavy (non-hydrogen) atoms. The molecule has 0 spiro atoms. The summed E-state index contributed by atoms with van der Waals surface area (Å²) in [6.45, 7) is 3.89. The van der Waals surface area contributed by atoms with E-state index in [2.05, 4.69) is 6.92 Å². The average molecular weight is 191 g/mol. The summed E-state index contributed by atoms with van der Waals surface area (Å²) in [6.07, 6.45) is 2.36. The first kappa shape index (κ1) is 9.29. The summed E-state index contributed by atoms with van der Waals surface area (Å²) in [4.78, 5) is 5.36. The van der Waals surface area contributed by atoms with Crippen LogP contribution in [0.1, 0.15) is 19.8 Å². The summed E-state index contributed by atoms with van der Waals surface area (Å²) < 4.78 is 0.882. The van der Waals surface area contributed by atoms with Crippen molar-refractivity contribution in [1.29, 1.82) is 0 Å². The Balaban J connectivity index is 2.27. The van der Waals surface area contributed by atoms with Gasteiger partial charge in [0.1, 0.15) is 0 Å². The molecule has 0 aliphatic carbocycles. The van der Waals surface area contributed by atoms with Crippen LogP contribution in [-0.2, 0) is 4.84 Å². The molecule has 1 heterocycles. The van der Waals surface area contributed by atoms with Crippen molar-refractivity contribution in [3.05, 3.63) is 0 Å². The van der Waals surface area contributed by atoms with Gasteiger partial charge in [0.25, 0.3) is 0 Å². The van der Waals surface area contributed by atoms with Gasteiger partial charge in [0, 0.05) is 6.54 Å². The molecule has 4 heteroatoms. The summed E-state index contributed by atoms with van der Waals surface area (Å²) in [6, 6.07) is 0. The zero-order valence-electron chi connectivity index (χ0n) is 6.71. The maximum atomic E-state index is 5.36. The Labute approximate surface area is 77.2 Å². The number of nitrogens with zero attached hydrogens (tertiary/aromatic N) is 1. The number of thioether (sulfide) groups is 1. The predicted molar refractivity (Wildman–Crippen MR) is 52.6 cm³/mol. The monoisotopic (exact) mass is 191 g/mol. The SMILES string of the molecule is CCSC(=S)N1CCCCO1. The molecule has 0 radical (unpaired) electrons. The van der Waals surface area contributed by atoms with E-state index in [4.69, 9.17) is 17.1 Å². The van der Waals surface area contributed by atoms with Crippen LogP contribution in [-0.4, -0.2) is 28.3 Å². The Morgan fingerprint density at radius 2 is 2.45 bits per heavy atom. The van der Waals surface area contributed by atoms with Crippen molar-refractivity contribution in [2.75, 3.05) is 18.9 Å². The Morgan fingerprint density at radius 3 is 3.00 bits per heavy atom. The van der Waals surface area contributed by atoms with Crippen LogP contribution in [0.2, 0.25) is 0 Å². The van der Waals surface area contributed by atoms with Gasteiger partial charge in [0.15, 0.2) is 4.32 Å². The maximum absolute atomic E-state index is 5.36. The number of thiocarbonyl (C=S) groups is 1. The van der Waals surface area contributed by atoms with E-state index in [-0.39, 0.29) is 0 Å². The first-order valence-corrected chi connectivity index (χ1v) is 5.31. The minimum Gasteiger partial charge on any atom is -0.272 e. The van der Waals surface area contributed by atoms with E-state index in [9.17, 15) is 0 Å². The number of rotatable bonds is 1. The Bertz CT molecular complexity index is 134. The van der Waals surface area contributed by atoms with Crippen LogP contribution in [0.3, 0.4) is 0 Å². The third-order valence-corrected chi connectivity index (χ3v) is 2.77. The molecule has 1 fully saturated rings. The molecule has 2 nitrogen and oxygen atoms in total. The molecule has 0 atom stereocenters. The van der Waals surface area contributed by atoms with Crippen molar-refractivity contribution in [2.24, 2.45) is 0 Å². The third-order valence-electron chi connectivity index (χ3n) is 1.47. The molecule has 0 unspecified atom stereocenters. The molecule has 0 aromatic carbocycles.